The molecule has 0 bridgehead atoms. The van der Waals surface area contributed by atoms with E-state index in [1.165, 1.54) is 0 Å². The zero-order chi connectivity index (χ0) is 9.00. The van der Waals surface area contributed by atoms with Crippen LogP contribution in [-0.4, -0.2) is 46.0 Å². The third kappa shape index (κ3) is 10900. The molecule has 0 heterocycles. The zero-order valence-corrected chi connectivity index (χ0v) is 10.1. The van der Waals surface area contributed by atoms with E-state index in [-0.39, 0.29) is 32.0 Å². The van der Waals surface area contributed by atoms with Gasteiger partial charge in [-0.3, -0.25) is 16.8 Å². The Morgan fingerprint density at radius 2 is 0.615 bits per heavy atom. The molecule has 13 heteroatoms. The number of hydrogen-bond donors (Lipinski definition) is 0. The first kappa shape index (κ1) is 29.2. The van der Waals surface area contributed by atoms with Crippen molar-refractivity contribution in [3.05, 3.63) is 0 Å². The minimum absolute atomic E-state index is 0. The van der Waals surface area contributed by atoms with Crippen LogP contribution in [0.4, 0.5) is 0 Å². The minimum Gasteiger partial charge on any atom is -0.759 e. The molecule has 0 aliphatic rings. The molecule has 4 N–H and O–H groups in total. The molecule has 0 atom stereocenters. The normalized spacial score (nSPS) is 8.92. The summed E-state index contributed by atoms with van der Waals surface area (Å²) in [6, 6.07) is 0. The molecule has 0 radical (unpaired) electrons. The Morgan fingerprint density at radius 1 is 0.615 bits per heavy atom. The summed E-state index contributed by atoms with van der Waals surface area (Å²) in [6.45, 7) is 0. The quantitative estimate of drug-likeness (QED) is 0.279. The van der Waals surface area contributed by atoms with Crippen LogP contribution in [0, 0.1) is 0 Å². The van der Waals surface area contributed by atoms with E-state index < -0.39 is 20.8 Å². The summed E-state index contributed by atoms with van der Waals surface area (Å²) in [7, 11) is -10.3. The van der Waals surface area contributed by atoms with Crippen molar-refractivity contribution < 1.29 is 67.1 Å². The Balaban J connectivity index is -0.0000000267. The van der Waals surface area contributed by atoms with Crippen molar-refractivity contribution in [3.8, 4) is 0 Å². The molecule has 0 saturated heterocycles. The Hall–Kier alpha value is 0.348. The van der Waals surface area contributed by atoms with Gasteiger partial charge in [-0.15, -0.1) is 0 Å². The second-order valence-electron chi connectivity index (χ2n) is 0.816. The molecule has 0 aromatic carbocycles. The summed E-state index contributed by atoms with van der Waals surface area (Å²) in [6.07, 6.45) is 0. The van der Waals surface area contributed by atoms with Crippen molar-refractivity contribution in [1.82, 2.24) is 0 Å². The molecule has 0 aromatic heterocycles. The van der Waals surface area contributed by atoms with Gasteiger partial charge in [0.15, 0.2) is 0 Å². The second-order valence-corrected chi connectivity index (χ2v) is 2.45. The maximum Gasteiger partial charge on any atom is 4.00 e. The van der Waals surface area contributed by atoms with Crippen LogP contribution < -0.4 is 0 Å². The number of rotatable bonds is 0. The van der Waals surface area contributed by atoms with Gasteiger partial charge in [0.05, 0.1) is 0 Å². The van der Waals surface area contributed by atoms with Crippen LogP contribution in [0.15, 0.2) is 0 Å². The largest absolute Gasteiger partial charge is 4.00 e. The first-order valence-electron chi connectivity index (χ1n) is 1.33. The average molecular weight is 412 g/mol. The van der Waals surface area contributed by atoms with Gasteiger partial charge in [-0.1, -0.05) is 0 Å². The monoisotopic (exact) mass is 412 g/mol. The third-order valence-corrected chi connectivity index (χ3v) is 0. The van der Waals surface area contributed by atoms with E-state index >= 15 is 0 Å². The molecule has 10 nitrogen and oxygen atoms in total. The molecular weight excluding hydrogens is 408 g/mol. The van der Waals surface area contributed by atoms with Gasteiger partial charge >= 0.3 is 21.1 Å². The van der Waals surface area contributed by atoms with E-state index in [2.05, 4.69) is 0 Å². The molecule has 0 rings (SSSR count). The average Bonchev–Trinajstić information content (AvgIpc) is 1.12. The summed E-state index contributed by atoms with van der Waals surface area (Å²) >= 11 is 0. The smallest absolute Gasteiger partial charge is 0.759 e. The van der Waals surface area contributed by atoms with E-state index in [1.54, 1.807) is 0 Å². The second kappa shape index (κ2) is 10.4. The molecule has 0 spiro atoms. The summed E-state index contributed by atoms with van der Waals surface area (Å²) < 4.78 is 68.2. The summed E-state index contributed by atoms with van der Waals surface area (Å²) in [5.41, 5.74) is 0. The topological polar surface area (TPSA) is 224 Å². The minimum atomic E-state index is -5.17. The van der Waals surface area contributed by atoms with E-state index in [0.717, 1.165) is 0 Å². The molecule has 0 fully saturated rings. The summed E-state index contributed by atoms with van der Waals surface area (Å²) in [4.78, 5) is 0. The fraction of sp³-hybridized carbons (Fsp3) is 0. The first-order valence-corrected chi connectivity index (χ1v) is 4.00. The van der Waals surface area contributed by atoms with Crippen molar-refractivity contribution in [2.75, 3.05) is 0 Å². The van der Waals surface area contributed by atoms with Gasteiger partial charge in [0, 0.05) is 20.8 Å². The van der Waals surface area contributed by atoms with Crippen LogP contribution in [0.25, 0.3) is 0 Å². The summed E-state index contributed by atoms with van der Waals surface area (Å²) in [5, 5.41) is 0. The van der Waals surface area contributed by atoms with Gasteiger partial charge in [-0.05, 0) is 0 Å². The molecule has 13 heavy (non-hydrogen) atoms. The molecular formula is H4O10S2W. The van der Waals surface area contributed by atoms with Crippen LogP contribution in [0.1, 0.15) is 0 Å². The predicted octanol–water partition coefficient (Wildman–Crippen LogP) is -4.33. The van der Waals surface area contributed by atoms with Gasteiger partial charge in [-0.2, -0.15) is 0 Å². The van der Waals surface area contributed by atoms with Crippen LogP contribution in [0.2, 0.25) is 0 Å². The van der Waals surface area contributed by atoms with Crippen molar-refractivity contribution in [2.24, 2.45) is 0 Å². The van der Waals surface area contributed by atoms with Gasteiger partial charge in [0.2, 0.25) is 0 Å². The van der Waals surface area contributed by atoms with Crippen LogP contribution in [0.3, 0.4) is 0 Å². The fourth-order valence-corrected chi connectivity index (χ4v) is 0. The fourth-order valence-electron chi connectivity index (χ4n) is 0. The molecule has 0 aliphatic carbocycles. The van der Waals surface area contributed by atoms with Crippen molar-refractivity contribution in [1.29, 1.82) is 0 Å². The van der Waals surface area contributed by atoms with E-state index in [9.17, 15) is 0 Å². The van der Waals surface area contributed by atoms with Crippen molar-refractivity contribution >= 4 is 20.8 Å². The van der Waals surface area contributed by atoms with E-state index in [0.29, 0.717) is 0 Å². The summed E-state index contributed by atoms with van der Waals surface area (Å²) in [5.74, 6) is 0. The maximum absolute atomic E-state index is 8.52. The van der Waals surface area contributed by atoms with Crippen LogP contribution in [-0.2, 0) is 41.9 Å². The number of hydrogen-bond acceptors (Lipinski definition) is 8. The maximum atomic E-state index is 8.52. The predicted molar refractivity (Wildman–Crippen MR) is 28.2 cm³/mol. The van der Waals surface area contributed by atoms with Crippen LogP contribution in [0.5, 0.6) is 0 Å². The Kier molecular flexibility index (Phi) is 23.4. The van der Waals surface area contributed by atoms with Gasteiger partial charge in [-0.25, -0.2) is 0 Å². The SMILES string of the molecule is O.O.O=S(=O)([O-])[O-].O=S(=O)([O-])[O-].[W+4]. The Morgan fingerprint density at radius 3 is 0.615 bits per heavy atom. The third-order valence-electron chi connectivity index (χ3n) is 0. The van der Waals surface area contributed by atoms with Gasteiger partial charge in [0.1, 0.15) is 0 Å². The van der Waals surface area contributed by atoms with Crippen LogP contribution >= 0.6 is 0 Å². The molecule has 0 amide bonds. The molecule has 82 valence electrons. The van der Waals surface area contributed by atoms with E-state index in [1.807, 2.05) is 0 Å². The standard InChI is InChI=1S/2H2O4S.2H2O.W/c2*1-5(2,3)4;;;/h2*(H2,1,2,3,4);2*1H2;/q;;;;+4/p-4. The molecule has 0 saturated carbocycles. The van der Waals surface area contributed by atoms with Gasteiger partial charge in [0.25, 0.3) is 0 Å². The first-order chi connectivity index (χ1) is 4.00. The van der Waals surface area contributed by atoms with Crippen molar-refractivity contribution in [2.45, 2.75) is 0 Å². The molecule has 0 unspecified atom stereocenters. The molecule has 0 aromatic rings. The zero-order valence-electron chi connectivity index (χ0n) is 5.49. The molecule has 0 aliphatic heterocycles. The van der Waals surface area contributed by atoms with Crippen molar-refractivity contribution in [3.63, 3.8) is 0 Å². The van der Waals surface area contributed by atoms with E-state index in [4.69, 9.17) is 35.0 Å². The Labute approximate surface area is 88.0 Å². The van der Waals surface area contributed by atoms with Gasteiger partial charge < -0.3 is 29.2 Å². The Bertz CT molecular complexity index is 209.